The van der Waals surface area contributed by atoms with Crippen LogP contribution in [0.25, 0.3) is 11.0 Å². The molecule has 0 spiro atoms. The molecule has 0 fully saturated rings. The fourth-order valence-corrected chi connectivity index (χ4v) is 2.31. The van der Waals surface area contributed by atoms with Gasteiger partial charge in [-0.05, 0) is 26.0 Å². The molecule has 0 aliphatic heterocycles. The molecule has 1 atom stereocenters. The molecule has 108 valence electrons. The second kappa shape index (κ2) is 5.27. The Bertz CT molecular complexity index is 622. The lowest BCUT2D eigenvalue weighted by Crippen LogP contribution is -2.43. The molecule has 20 heavy (non-hydrogen) atoms. The van der Waals surface area contributed by atoms with Crippen LogP contribution >= 0.6 is 0 Å². The summed E-state index contributed by atoms with van der Waals surface area (Å²) in [5.74, 6) is 1.10. The molecule has 4 nitrogen and oxygen atoms in total. The molecule has 2 N–H and O–H groups in total. The van der Waals surface area contributed by atoms with Crippen molar-refractivity contribution in [2.75, 3.05) is 0 Å². The van der Waals surface area contributed by atoms with Crippen molar-refractivity contribution >= 4 is 16.9 Å². The van der Waals surface area contributed by atoms with Crippen molar-refractivity contribution in [1.29, 1.82) is 0 Å². The number of rotatable bonds is 3. The molecule has 1 heterocycles. The number of para-hydroxylation sites is 2. The number of amides is 1. The quantitative estimate of drug-likeness (QED) is 0.831. The number of fused-ring (bicyclic) bond motifs is 1. The number of aryl methyl sites for hydroxylation is 1. The predicted octanol–water partition coefficient (Wildman–Crippen LogP) is 2.70. The first-order chi connectivity index (χ1) is 9.34. The van der Waals surface area contributed by atoms with Crippen LogP contribution in [0.3, 0.4) is 0 Å². The van der Waals surface area contributed by atoms with Gasteiger partial charge in [0.15, 0.2) is 11.0 Å². The van der Waals surface area contributed by atoms with E-state index in [1.165, 1.54) is 5.52 Å². The van der Waals surface area contributed by atoms with E-state index in [2.05, 4.69) is 33.9 Å². The van der Waals surface area contributed by atoms with E-state index < -0.39 is 0 Å². The van der Waals surface area contributed by atoms with Gasteiger partial charge in [-0.2, -0.15) is 0 Å². The topological polar surface area (TPSA) is 48.8 Å². The highest BCUT2D eigenvalue weighted by Crippen LogP contribution is 2.18. The van der Waals surface area contributed by atoms with E-state index >= 15 is 0 Å². The van der Waals surface area contributed by atoms with E-state index in [1.807, 2.05) is 39.8 Å². The van der Waals surface area contributed by atoms with Crippen LogP contribution in [0.5, 0.6) is 0 Å². The fraction of sp³-hybridized carbons (Fsp3) is 0.500. The summed E-state index contributed by atoms with van der Waals surface area (Å²) < 4.78 is 2.21. The second-order valence-electron chi connectivity index (χ2n) is 6.22. The maximum Gasteiger partial charge on any atom is 0.277 e. The molecule has 4 heteroatoms. The maximum absolute atomic E-state index is 12.1. The van der Waals surface area contributed by atoms with Crippen molar-refractivity contribution < 1.29 is 9.36 Å². The molecular formula is C16H24N3O+. The van der Waals surface area contributed by atoms with Gasteiger partial charge < -0.3 is 5.32 Å². The molecule has 1 aromatic heterocycles. The zero-order valence-electron chi connectivity index (χ0n) is 12.9. The first-order valence-electron chi connectivity index (χ1n) is 7.16. The van der Waals surface area contributed by atoms with E-state index in [4.69, 9.17) is 0 Å². The number of nitrogens with zero attached hydrogens (tertiary/aromatic N) is 1. The minimum Gasteiger partial charge on any atom is -0.342 e. The molecule has 0 bridgehead atoms. The van der Waals surface area contributed by atoms with E-state index in [9.17, 15) is 4.79 Å². The van der Waals surface area contributed by atoms with Crippen LogP contribution in [0.1, 0.15) is 46.5 Å². The van der Waals surface area contributed by atoms with Crippen molar-refractivity contribution in [3.05, 3.63) is 30.1 Å². The van der Waals surface area contributed by atoms with E-state index in [0.29, 0.717) is 0 Å². The Labute approximate surface area is 120 Å². The van der Waals surface area contributed by atoms with Crippen LogP contribution in [0.15, 0.2) is 24.3 Å². The number of H-pyrrole nitrogens is 1. The summed E-state index contributed by atoms with van der Waals surface area (Å²) >= 11 is 0. The first kappa shape index (κ1) is 14.6. The summed E-state index contributed by atoms with van der Waals surface area (Å²) in [5, 5.41) is 3.08. The molecule has 0 aliphatic carbocycles. The molecule has 1 unspecified atom stereocenters. The number of carbonyl (C=O) groups excluding carboxylic acids is 1. The highest BCUT2D eigenvalue weighted by atomic mass is 16.2. The summed E-state index contributed by atoms with van der Waals surface area (Å²) in [6.45, 7) is 10.8. The average molecular weight is 274 g/mol. The normalized spacial score (nSPS) is 13.4. The van der Waals surface area contributed by atoms with Crippen molar-refractivity contribution in [3.63, 3.8) is 0 Å². The Morgan fingerprint density at radius 3 is 2.60 bits per heavy atom. The van der Waals surface area contributed by atoms with Crippen molar-refractivity contribution in [3.8, 4) is 0 Å². The van der Waals surface area contributed by atoms with Crippen LogP contribution in [0, 0.1) is 5.41 Å². The van der Waals surface area contributed by atoms with Crippen LogP contribution in [0.2, 0.25) is 0 Å². The van der Waals surface area contributed by atoms with Gasteiger partial charge in [0.1, 0.15) is 6.04 Å². The summed E-state index contributed by atoms with van der Waals surface area (Å²) in [4.78, 5) is 15.5. The van der Waals surface area contributed by atoms with Crippen molar-refractivity contribution in [2.24, 2.45) is 5.41 Å². The molecule has 0 saturated carbocycles. The highest BCUT2D eigenvalue weighted by Gasteiger charge is 2.28. The third kappa shape index (κ3) is 2.69. The number of benzene rings is 1. The fourth-order valence-electron chi connectivity index (χ4n) is 2.31. The van der Waals surface area contributed by atoms with Gasteiger partial charge >= 0.3 is 0 Å². The second-order valence-corrected chi connectivity index (χ2v) is 6.22. The molecule has 0 radical (unpaired) electrons. The molecule has 2 aromatic rings. The standard InChI is InChI=1S/C16H23N3O/c1-6-19-13-10-8-7-9-12(13)18-14(19)11(2)17-15(20)16(3,4)5/h7-11H,6H2,1-5H3,(H,17,20)/p+1. The lowest BCUT2D eigenvalue weighted by Gasteiger charge is -2.20. The first-order valence-corrected chi connectivity index (χ1v) is 7.16. The van der Waals surface area contributed by atoms with E-state index in [-0.39, 0.29) is 17.4 Å². The number of imidazole rings is 1. The number of carbonyl (C=O) groups is 1. The summed E-state index contributed by atoms with van der Waals surface area (Å²) in [5.41, 5.74) is 1.89. The Balaban J connectivity index is 2.35. The Hall–Kier alpha value is -1.84. The van der Waals surface area contributed by atoms with E-state index in [1.54, 1.807) is 0 Å². The number of aromatic nitrogens is 2. The summed E-state index contributed by atoms with van der Waals surface area (Å²) in [7, 11) is 0. The molecule has 0 aliphatic rings. The Morgan fingerprint density at radius 1 is 1.35 bits per heavy atom. The zero-order valence-corrected chi connectivity index (χ0v) is 12.9. The Morgan fingerprint density at radius 2 is 2.00 bits per heavy atom. The molecular weight excluding hydrogens is 250 g/mol. The van der Waals surface area contributed by atoms with Crippen LogP contribution < -0.4 is 9.88 Å². The molecule has 0 saturated heterocycles. The Kier molecular flexibility index (Phi) is 3.84. The lowest BCUT2D eigenvalue weighted by atomic mass is 9.95. The number of aromatic amines is 1. The van der Waals surface area contributed by atoms with Gasteiger partial charge in [0.05, 0.1) is 6.54 Å². The average Bonchev–Trinajstić information content (AvgIpc) is 2.75. The highest BCUT2D eigenvalue weighted by molar-refractivity contribution is 5.81. The maximum atomic E-state index is 12.1. The number of nitrogens with one attached hydrogen (secondary N) is 2. The van der Waals surface area contributed by atoms with Crippen molar-refractivity contribution in [2.45, 2.75) is 47.2 Å². The minimum atomic E-state index is -0.378. The molecule has 1 amide bonds. The molecule has 2 rings (SSSR count). The van der Waals surface area contributed by atoms with Gasteiger partial charge in [-0.3, -0.25) is 4.79 Å². The SMILES string of the molecule is CC[n+]1c(C(C)NC(=O)C(C)(C)C)[nH]c2ccccc21. The summed E-state index contributed by atoms with van der Waals surface area (Å²) in [6.07, 6.45) is 0. The third-order valence-corrected chi connectivity index (χ3v) is 3.50. The van der Waals surface area contributed by atoms with Gasteiger partial charge in [-0.25, -0.2) is 9.55 Å². The van der Waals surface area contributed by atoms with Gasteiger partial charge in [0.25, 0.3) is 5.82 Å². The smallest absolute Gasteiger partial charge is 0.277 e. The summed E-state index contributed by atoms with van der Waals surface area (Å²) in [6, 6.07) is 8.15. The van der Waals surface area contributed by atoms with Gasteiger partial charge in [0, 0.05) is 5.41 Å². The predicted molar refractivity (Wildman–Crippen MR) is 80.2 cm³/mol. The van der Waals surface area contributed by atoms with Gasteiger partial charge in [-0.1, -0.05) is 32.9 Å². The van der Waals surface area contributed by atoms with E-state index in [0.717, 1.165) is 17.9 Å². The number of hydrogen-bond donors (Lipinski definition) is 2. The monoisotopic (exact) mass is 274 g/mol. The zero-order chi connectivity index (χ0) is 14.9. The van der Waals surface area contributed by atoms with Crippen LogP contribution in [-0.4, -0.2) is 10.9 Å². The van der Waals surface area contributed by atoms with Gasteiger partial charge in [-0.15, -0.1) is 0 Å². The molecule has 1 aromatic carbocycles. The minimum absolute atomic E-state index is 0.0472. The van der Waals surface area contributed by atoms with Crippen molar-refractivity contribution in [1.82, 2.24) is 10.3 Å². The lowest BCUT2D eigenvalue weighted by molar-refractivity contribution is -0.676. The van der Waals surface area contributed by atoms with Gasteiger partial charge in [0.2, 0.25) is 5.91 Å². The number of hydrogen-bond acceptors (Lipinski definition) is 1. The largest absolute Gasteiger partial charge is 0.342 e. The van der Waals surface area contributed by atoms with Crippen LogP contribution in [0.4, 0.5) is 0 Å². The third-order valence-electron chi connectivity index (χ3n) is 3.50. The van der Waals surface area contributed by atoms with Crippen LogP contribution in [-0.2, 0) is 11.3 Å².